The van der Waals surface area contributed by atoms with Crippen LogP contribution in [0.1, 0.15) is 22.3 Å². The smallest absolute Gasteiger partial charge is 0.318 e. The van der Waals surface area contributed by atoms with E-state index in [9.17, 15) is 0 Å². The lowest BCUT2D eigenvalue weighted by Gasteiger charge is -2.32. The summed E-state index contributed by atoms with van der Waals surface area (Å²) in [4.78, 5) is 0. The van der Waals surface area contributed by atoms with E-state index >= 15 is 0 Å². The van der Waals surface area contributed by atoms with Gasteiger partial charge in [0.05, 0.1) is 5.41 Å². The molecule has 2 aliphatic carbocycles. The Balaban J connectivity index is 1.64. The third-order valence-corrected chi connectivity index (χ3v) is 8.39. The van der Waals surface area contributed by atoms with Crippen LogP contribution in [0.2, 0.25) is 0 Å². The van der Waals surface area contributed by atoms with Gasteiger partial charge < -0.3 is 3.88 Å². The van der Waals surface area contributed by atoms with Gasteiger partial charge in [0.25, 0.3) is 0 Å². The molecule has 0 bridgehead atoms. The highest BCUT2D eigenvalue weighted by Crippen LogP contribution is 2.66. The van der Waals surface area contributed by atoms with Crippen LogP contribution in [0.3, 0.4) is 0 Å². The second-order valence-corrected chi connectivity index (χ2v) is 9.67. The first-order valence-electron chi connectivity index (χ1n) is 11.4. The Bertz CT molecular complexity index is 1600. The van der Waals surface area contributed by atoms with E-state index in [0.717, 1.165) is 0 Å². The van der Waals surface area contributed by atoms with Gasteiger partial charge in [-0.25, -0.2) is 0 Å². The molecule has 1 nitrogen and oxygen atoms in total. The van der Waals surface area contributed by atoms with E-state index in [1.54, 1.807) is 0 Å². The van der Waals surface area contributed by atoms with Crippen molar-refractivity contribution in [3.63, 3.8) is 0 Å². The van der Waals surface area contributed by atoms with E-state index in [1.165, 1.54) is 67.0 Å². The zero-order valence-electron chi connectivity index (χ0n) is 17.9. The van der Waals surface area contributed by atoms with E-state index in [2.05, 4.69) is 130 Å². The number of fused-ring (bicyclic) bond motifs is 9. The molecule has 150 valence electrons. The Morgan fingerprint density at radius 1 is 0.424 bits per heavy atom. The SMILES string of the molecule is [Al][N]1c2ccccc2-c2cccc3c2-c2c1cccc2C31c2ccccc2-c2ccccc21. The van der Waals surface area contributed by atoms with Crippen LogP contribution in [0, 0.1) is 0 Å². The van der Waals surface area contributed by atoms with Gasteiger partial charge in [0.2, 0.25) is 0 Å². The van der Waals surface area contributed by atoms with Crippen LogP contribution in [-0.2, 0) is 5.41 Å². The summed E-state index contributed by atoms with van der Waals surface area (Å²) in [6.07, 6.45) is 0. The molecule has 1 aliphatic heterocycles. The van der Waals surface area contributed by atoms with Gasteiger partial charge in [-0.15, -0.1) is 0 Å². The van der Waals surface area contributed by atoms with Crippen LogP contribution in [0.4, 0.5) is 11.4 Å². The number of rotatable bonds is 0. The van der Waals surface area contributed by atoms with E-state index in [4.69, 9.17) is 0 Å². The Labute approximate surface area is 201 Å². The first-order chi connectivity index (χ1) is 16.3. The maximum atomic E-state index is 2.98. The summed E-state index contributed by atoms with van der Waals surface area (Å²) in [5.41, 5.74) is 15.8. The molecule has 1 spiro atoms. The van der Waals surface area contributed by atoms with Crippen molar-refractivity contribution >= 4 is 27.9 Å². The average molecular weight is 431 g/mol. The molecule has 3 aliphatic rings. The van der Waals surface area contributed by atoms with E-state index in [-0.39, 0.29) is 5.41 Å². The fraction of sp³-hybridized carbons (Fsp3) is 0.0323. The minimum atomic E-state index is -0.290. The van der Waals surface area contributed by atoms with Crippen molar-refractivity contribution in [3.05, 3.63) is 131 Å². The third-order valence-electron chi connectivity index (χ3n) is 7.83. The highest BCUT2D eigenvalue weighted by atomic mass is 27.1. The first kappa shape index (κ1) is 17.9. The predicted molar refractivity (Wildman–Crippen MR) is 136 cm³/mol. The molecule has 0 saturated heterocycles. The Kier molecular flexibility index (Phi) is 3.29. The van der Waals surface area contributed by atoms with Crippen molar-refractivity contribution < 1.29 is 0 Å². The first-order valence-corrected chi connectivity index (χ1v) is 11.9. The topological polar surface area (TPSA) is 3.24 Å². The number of anilines is 2. The quantitative estimate of drug-likeness (QED) is 0.229. The van der Waals surface area contributed by atoms with Gasteiger partial charge in [-0.2, -0.15) is 0 Å². The van der Waals surface area contributed by atoms with Gasteiger partial charge >= 0.3 is 16.5 Å². The Morgan fingerprint density at radius 3 is 1.64 bits per heavy atom. The zero-order valence-corrected chi connectivity index (χ0v) is 19.1. The lowest BCUT2D eigenvalue weighted by atomic mass is 9.70. The van der Waals surface area contributed by atoms with Crippen molar-refractivity contribution in [2.45, 2.75) is 5.41 Å². The van der Waals surface area contributed by atoms with Crippen LogP contribution in [-0.4, -0.2) is 16.5 Å². The molecule has 0 fully saturated rings. The highest BCUT2D eigenvalue weighted by molar-refractivity contribution is 6.27. The number of hydrogen-bond acceptors (Lipinski definition) is 1. The van der Waals surface area contributed by atoms with Gasteiger partial charge in [-0.1, -0.05) is 97.1 Å². The second kappa shape index (κ2) is 6.06. The van der Waals surface area contributed by atoms with Gasteiger partial charge in [0, 0.05) is 22.5 Å². The molecule has 0 N–H and O–H groups in total. The molecular weight excluding hydrogens is 413 g/mol. The van der Waals surface area contributed by atoms with E-state index in [0.29, 0.717) is 0 Å². The maximum absolute atomic E-state index is 2.98. The molecule has 0 unspecified atom stereocenters. The number of nitrogens with zero attached hydrogens (tertiary/aromatic N) is 1. The lowest BCUT2D eigenvalue weighted by molar-refractivity contribution is 0.794. The minimum Gasteiger partial charge on any atom is -0.452 e. The summed E-state index contributed by atoms with van der Waals surface area (Å²) in [5, 5.41) is 0. The van der Waals surface area contributed by atoms with Crippen LogP contribution in [0.25, 0.3) is 33.4 Å². The van der Waals surface area contributed by atoms with Crippen LogP contribution >= 0.6 is 0 Å². The standard InChI is InChI=1S/C31H18N.Al/c1-4-13-23-19(9-1)20-10-2-5-14-24(20)31(23)25-15-7-12-22-21-11-3-6-17-27(21)32-28-18-8-16-26(31)30(28)29(22)25;/h1-18H;/q-1;+1. The maximum Gasteiger partial charge on any atom is 0.318 e. The van der Waals surface area contributed by atoms with Crippen molar-refractivity contribution in [1.29, 1.82) is 0 Å². The molecule has 1 heterocycles. The molecular formula is C31H18AlN. The average Bonchev–Trinajstić information content (AvgIpc) is 3.32. The number of benzene rings is 5. The van der Waals surface area contributed by atoms with Gasteiger partial charge in [0.1, 0.15) is 0 Å². The van der Waals surface area contributed by atoms with E-state index in [1.807, 2.05) is 0 Å². The van der Waals surface area contributed by atoms with Gasteiger partial charge in [0.15, 0.2) is 0 Å². The third kappa shape index (κ3) is 1.93. The second-order valence-electron chi connectivity index (χ2n) is 9.16. The van der Waals surface area contributed by atoms with Gasteiger partial charge in [-0.3, -0.25) is 0 Å². The normalized spacial score (nSPS) is 15.0. The molecule has 33 heavy (non-hydrogen) atoms. The van der Waals surface area contributed by atoms with Crippen molar-refractivity contribution in [1.82, 2.24) is 0 Å². The summed E-state index contributed by atoms with van der Waals surface area (Å²) < 4.78 is 2.30. The fourth-order valence-corrected chi connectivity index (χ4v) is 7.12. The summed E-state index contributed by atoms with van der Waals surface area (Å²) in [6.45, 7) is 0. The Hall–Kier alpha value is -3.57. The minimum absolute atomic E-state index is 0.290. The summed E-state index contributed by atoms with van der Waals surface area (Å²) in [7, 11) is 0. The van der Waals surface area contributed by atoms with Gasteiger partial charge in [-0.05, 0) is 56.6 Å². The lowest BCUT2D eigenvalue weighted by Crippen LogP contribution is -2.26. The predicted octanol–water partition coefficient (Wildman–Crippen LogP) is 7.23. The highest BCUT2D eigenvalue weighted by Gasteiger charge is 2.53. The molecule has 2 radical (unpaired) electrons. The molecule has 0 aromatic heterocycles. The molecule has 0 saturated carbocycles. The van der Waals surface area contributed by atoms with E-state index < -0.39 is 0 Å². The molecule has 5 aromatic carbocycles. The number of hydrogen-bond donors (Lipinski definition) is 0. The monoisotopic (exact) mass is 431 g/mol. The van der Waals surface area contributed by atoms with Crippen LogP contribution < -0.4 is 3.88 Å². The molecule has 0 amide bonds. The summed E-state index contributed by atoms with van der Waals surface area (Å²) in [6, 6.07) is 40.5. The number of para-hydroxylation sites is 1. The molecule has 2 heteroatoms. The Morgan fingerprint density at radius 2 is 0.909 bits per heavy atom. The van der Waals surface area contributed by atoms with Crippen LogP contribution in [0.5, 0.6) is 0 Å². The van der Waals surface area contributed by atoms with Crippen molar-refractivity contribution in [3.8, 4) is 33.4 Å². The fourth-order valence-electron chi connectivity index (χ4n) is 6.68. The van der Waals surface area contributed by atoms with Crippen molar-refractivity contribution in [2.75, 3.05) is 3.88 Å². The summed E-state index contributed by atoms with van der Waals surface area (Å²) >= 11 is 2.98. The van der Waals surface area contributed by atoms with Crippen molar-refractivity contribution in [2.24, 2.45) is 0 Å². The largest absolute Gasteiger partial charge is 0.452 e. The molecule has 8 rings (SSSR count). The summed E-state index contributed by atoms with van der Waals surface area (Å²) in [5.74, 6) is 0. The molecule has 0 atom stereocenters. The zero-order chi connectivity index (χ0) is 21.7. The molecule has 5 aromatic rings. The van der Waals surface area contributed by atoms with Crippen LogP contribution in [0.15, 0.2) is 109 Å².